The van der Waals surface area contributed by atoms with Crippen LogP contribution in [0, 0.1) is 0 Å². The van der Waals surface area contributed by atoms with Crippen molar-refractivity contribution in [1.82, 2.24) is 14.8 Å². The van der Waals surface area contributed by atoms with E-state index in [2.05, 4.69) is 42.9 Å². The Labute approximate surface area is 148 Å². The molecule has 128 valence electrons. The molecule has 1 aromatic heterocycles. The monoisotopic (exact) mass is 343 g/mol. The maximum Gasteiger partial charge on any atom is 0.229 e. The Kier molecular flexibility index (Phi) is 5.31. The summed E-state index contributed by atoms with van der Waals surface area (Å²) >= 11 is 1.65. The first-order valence-corrected chi connectivity index (χ1v) is 9.40. The Morgan fingerprint density at radius 2 is 2.04 bits per heavy atom. The molecule has 1 fully saturated rings. The third-order valence-electron chi connectivity index (χ3n) is 4.48. The van der Waals surface area contributed by atoms with Crippen LogP contribution in [0.4, 0.5) is 0 Å². The lowest BCUT2D eigenvalue weighted by Crippen LogP contribution is -2.49. The van der Waals surface area contributed by atoms with Crippen molar-refractivity contribution in [3.63, 3.8) is 0 Å². The van der Waals surface area contributed by atoms with Crippen LogP contribution in [0.25, 0.3) is 0 Å². The summed E-state index contributed by atoms with van der Waals surface area (Å²) < 4.78 is 0. The zero-order valence-corrected chi connectivity index (χ0v) is 15.4. The summed E-state index contributed by atoms with van der Waals surface area (Å²) in [6, 6.07) is 10.5. The van der Waals surface area contributed by atoms with E-state index in [-0.39, 0.29) is 11.9 Å². The molecule has 1 saturated heterocycles. The fourth-order valence-electron chi connectivity index (χ4n) is 3.10. The average Bonchev–Trinajstić information content (AvgIpc) is 3.04. The maximum absolute atomic E-state index is 12.9. The highest BCUT2D eigenvalue weighted by atomic mass is 32.1. The quantitative estimate of drug-likeness (QED) is 0.854. The minimum Gasteiger partial charge on any atom is -0.333 e. The summed E-state index contributed by atoms with van der Waals surface area (Å²) in [5, 5.41) is 3.14. The van der Waals surface area contributed by atoms with Crippen molar-refractivity contribution in [3.8, 4) is 0 Å². The number of likely N-dealkylation sites (N-methyl/N-ethyl adjacent to an activating group) is 1. The molecule has 0 aliphatic carbocycles. The molecule has 24 heavy (non-hydrogen) atoms. The number of thiazole rings is 1. The van der Waals surface area contributed by atoms with Crippen molar-refractivity contribution in [3.05, 3.63) is 52.0 Å². The molecule has 0 bridgehead atoms. The molecule has 0 spiro atoms. The van der Waals surface area contributed by atoms with Crippen LogP contribution in [0.5, 0.6) is 0 Å². The highest BCUT2D eigenvalue weighted by molar-refractivity contribution is 7.09. The average molecular weight is 343 g/mol. The number of hydrogen-bond donors (Lipinski definition) is 0. The molecule has 2 heterocycles. The Bertz CT molecular complexity index is 683. The SMILES string of the molecule is CC(C)c1nc(CC(=O)N2CCN(C)C[C@H]2c2ccccc2)cs1. The largest absolute Gasteiger partial charge is 0.333 e. The van der Waals surface area contributed by atoms with Crippen LogP contribution in [-0.2, 0) is 11.2 Å². The number of piperazine rings is 1. The molecule has 0 unspecified atom stereocenters. The lowest BCUT2D eigenvalue weighted by molar-refractivity contribution is -0.135. The number of rotatable bonds is 4. The molecule has 1 atom stereocenters. The van der Waals surface area contributed by atoms with Crippen LogP contribution >= 0.6 is 11.3 Å². The number of aromatic nitrogens is 1. The molecule has 0 saturated carbocycles. The molecule has 0 N–H and O–H groups in total. The molecule has 1 amide bonds. The van der Waals surface area contributed by atoms with E-state index < -0.39 is 0 Å². The fourth-order valence-corrected chi connectivity index (χ4v) is 3.94. The summed E-state index contributed by atoms with van der Waals surface area (Å²) in [6.07, 6.45) is 0.399. The van der Waals surface area contributed by atoms with Gasteiger partial charge in [0.05, 0.1) is 23.2 Å². The van der Waals surface area contributed by atoms with Crippen molar-refractivity contribution in [1.29, 1.82) is 0 Å². The van der Waals surface area contributed by atoms with Crippen molar-refractivity contribution >= 4 is 17.2 Å². The second-order valence-electron chi connectivity index (χ2n) is 6.78. The second-order valence-corrected chi connectivity index (χ2v) is 7.67. The van der Waals surface area contributed by atoms with E-state index in [1.165, 1.54) is 5.56 Å². The predicted molar refractivity (Wildman–Crippen MR) is 98.3 cm³/mol. The number of hydrogen-bond acceptors (Lipinski definition) is 4. The zero-order valence-electron chi connectivity index (χ0n) is 14.6. The van der Waals surface area contributed by atoms with Gasteiger partial charge in [0.15, 0.2) is 0 Å². The molecule has 2 aromatic rings. The van der Waals surface area contributed by atoms with E-state index >= 15 is 0 Å². The van der Waals surface area contributed by atoms with Gasteiger partial charge in [0.2, 0.25) is 5.91 Å². The molecule has 3 rings (SSSR count). The van der Waals surface area contributed by atoms with E-state index in [1.807, 2.05) is 28.5 Å². The Morgan fingerprint density at radius 3 is 2.71 bits per heavy atom. The first-order chi connectivity index (χ1) is 11.5. The van der Waals surface area contributed by atoms with Crippen molar-refractivity contribution in [2.24, 2.45) is 0 Å². The molecule has 1 aromatic carbocycles. The highest BCUT2D eigenvalue weighted by Crippen LogP contribution is 2.26. The topological polar surface area (TPSA) is 36.4 Å². The summed E-state index contributed by atoms with van der Waals surface area (Å²) in [6.45, 7) is 6.84. The third-order valence-corrected chi connectivity index (χ3v) is 5.68. The van der Waals surface area contributed by atoms with Crippen LogP contribution in [0.1, 0.15) is 42.1 Å². The summed E-state index contributed by atoms with van der Waals surface area (Å²) in [4.78, 5) is 21.9. The predicted octanol–water partition coefficient (Wildman–Crippen LogP) is 3.32. The molecular formula is C19H25N3OS. The van der Waals surface area contributed by atoms with Crippen LogP contribution in [0.15, 0.2) is 35.7 Å². The van der Waals surface area contributed by atoms with Gasteiger partial charge in [-0.15, -0.1) is 11.3 Å². The van der Waals surface area contributed by atoms with Crippen LogP contribution < -0.4 is 0 Å². The van der Waals surface area contributed by atoms with Gasteiger partial charge < -0.3 is 9.80 Å². The Morgan fingerprint density at radius 1 is 1.29 bits per heavy atom. The van der Waals surface area contributed by atoms with Gasteiger partial charge in [-0.05, 0) is 12.6 Å². The van der Waals surface area contributed by atoms with E-state index in [0.717, 1.165) is 30.3 Å². The van der Waals surface area contributed by atoms with E-state index in [1.54, 1.807) is 11.3 Å². The lowest BCUT2D eigenvalue weighted by Gasteiger charge is -2.40. The molecule has 1 aliphatic rings. The summed E-state index contributed by atoms with van der Waals surface area (Å²) in [5.41, 5.74) is 2.11. The van der Waals surface area contributed by atoms with Gasteiger partial charge in [0.1, 0.15) is 0 Å². The van der Waals surface area contributed by atoms with E-state index in [0.29, 0.717) is 12.3 Å². The third kappa shape index (κ3) is 3.84. The number of nitrogens with zero attached hydrogens (tertiary/aromatic N) is 3. The van der Waals surface area contributed by atoms with Gasteiger partial charge >= 0.3 is 0 Å². The minimum absolute atomic E-state index is 0.126. The number of benzene rings is 1. The van der Waals surface area contributed by atoms with Crippen LogP contribution in [0.3, 0.4) is 0 Å². The number of carbonyl (C=O) groups is 1. The van der Waals surface area contributed by atoms with E-state index in [4.69, 9.17) is 0 Å². The maximum atomic E-state index is 12.9. The van der Waals surface area contributed by atoms with Crippen LogP contribution in [-0.4, -0.2) is 47.4 Å². The first kappa shape index (κ1) is 17.1. The van der Waals surface area contributed by atoms with Gasteiger partial charge in [-0.25, -0.2) is 4.98 Å². The van der Waals surface area contributed by atoms with Gasteiger partial charge in [-0.1, -0.05) is 44.2 Å². The zero-order chi connectivity index (χ0) is 17.1. The molecule has 5 heteroatoms. The van der Waals surface area contributed by atoms with E-state index in [9.17, 15) is 4.79 Å². The molecule has 4 nitrogen and oxygen atoms in total. The molecule has 1 aliphatic heterocycles. The van der Waals surface area contributed by atoms with Crippen molar-refractivity contribution in [2.75, 3.05) is 26.7 Å². The van der Waals surface area contributed by atoms with Crippen molar-refractivity contribution < 1.29 is 4.79 Å². The van der Waals surface area contributed by atoms with Gasteiger partial charge in [-0.2, -0.15) is 0 Å². The highest BCUT2D eigenvalue weighted by Gasteiger charge is 2.30. The fraction of sp³-hybridized carbons (Fsp3) is 0.474. The number of amides is 1. The summed E-state index contributed by atoms with van der Waals surface area (Å²) in [7, 11) is 2.12. The second kappa shape index (κ2) is 7.45. The van der Waals surface area contributed by atoms with Crippen LogP contribution in [0.2, 0.25) is 0 Å². The van der Waals surface area contributed by atoms with Crippen molar-refractivity contribution in [2.45, 2.75) is 32.2 Å². The Balaban J connectivity index is 1.75. The first-order valence-electron chi connectivity index (χ1n) is 8.52. The number of carbonyl (C=O) groups excluding carboxylic acids is 1. The molecular weight excluding hydrogens is 318 g/mol. The Hall–Kier alpha value is -1.72. The smallest absolute Gasteiger partial charge is 0.229 e. The minimum atomic E-state index is 0.126. The van der Waals surface area contributed by atoms with Gasteiger partial charge in [0.25, 0.3) is 0 Å². The standard InChI is InChI=1S/C19H25N3OS/c1-14(2)19-20-16(13-24-19)11-18(23)22-10-9-21(3)12-17(22)15-7-5-4-6-8-15/h4-8,13-14,17H,9-12H2,1-3H3/t17-/m0/s1. The summed E-state index contributed by atoms with van der Waals surface area (Å²) in [5.74, 6) is 0.595. The lowest BCUT2D eigenvalue weighted by atomic mass is 10.0. The van der Waals surface area contributed by atoms with Gasteiger partial charge in [-0.3, -0.25) is 4.79 Å². The normalized spacial score (nSPS) is 19.0. The van der Waals surface area contributed by atoms with Gasteiger partial charge in [0, 0.05) is 30.9 Å². The molecule has 0 radical (unpaired) electrons.